The van der Waals surface area contributed by atoms with Crippen LogP contribution in [-0.4, -0.2) is 31.7 Å². The van der Waals surface area contributed by atoms with Crippen LogP contribution in [0.3, 0.4) is 0 Å². The molecule has 0 aliphatic heterocycles. The maximum Gasteiger partial charge on any atom is 0.0651 e. The summed E-state index contributed by atoms with van der Waals surface area (Å²) in [4.78, 5) is 0. The van der Waals surface area contributed by atoms with Crippen molar-refractivity contribution in [3.8, 4) is 0 Å². The molecule has 2 nitrogen and oxygen atoms in total. The topological polar surface area (TPSA) is 18.5 Å². The average Bonchev–Trinajstić information content (AvgIpc) is 2.25. The van der Waals surface area contributed by atoms with Crippen LogP contribution in [0.25, 0.3) is 0 Å². The minimum absolute atomic E-state index is 0.387. The number of ether oxygens (including phenoxy) is 2. The average molecular weight is 216 g/mol. The molecule has 1 saturated carbocycles. The summed E-state index contributed by atoms with van der Waals surface area (Å²) < 4.78 is 11.1. The molecule has 0 heterocycles. The molecular weight excluding hydrogens is 196 g/mol. The van der Waals surface area contributed by atoms with Gasteiger partial charge in [0.1, 0.15) is 0 Å². The molecule has 0 spiro atoms. The van der Waals surface area contributed by atoms with Gasteiger partial charge in [-0.05, 0) is 25.7 Å². The van der Waals surface area contributed by atoms with Gasteiger partial charge in [-0.1, -0.05) is 12.2 Å². The van der Waals surface area contributed by atoms with E-state index in [1.54, 1.807) is 7.11 Å². The van der Waals surface area contributed by atoms with Gasteiger partial charge >= 0.3 is 0 Å². The Morgan fingerprint density at radius 1 is 1.29 bits per heavy atom. The first kappa shape index (κ1) is 12.1. The van der Waals surface area contributed by atoms with Gasteiger partial charge in [0.25, 0.3) is 0 Å². The Morgan fingerprint density at radius 3 is 2.79 bits per heavy atom. The predicted molar refractivity (Wildman–Crippen MR) is 62.0 cm³/mol. The molecule has 14 heavy (non-hydrogen) atoms. The van der Waals surface area contributed by atoms with Crippen molar-refractivity contribution >= 4 is 12.6 Å². The zero-order valence-electron chi connectivity index (χ0n) is 8.82. The van der Waals surface area contributed by atoms with Crippen LogP contribution in [0, 0.1) is 0 Å². The zero-order chi connectivity index (χ0) is 10.2. The second-order valence-electron chi connectivity index (χ2n) is 3.63. The quantitative estimate of drug-likeness (QED) is 0.562. The number of rotatable bonds is 5. The second kappa shape index (κ2) is 7.32. The van der Waals surface area contributed by atoms with Crippen molar-refractivity contribution in [1.29, 1.82) is 0 Å². The SMILES string of the molecule is COC1CCCC(OCC=CCS)C1. The summed E-state index contributed by atoms with van der Waals surface area (Å²) in [7, 11) is 1.79. The Balaban J connectivity index is 2.14. The number of methoxy groups -OCH3 is 1. The standard InChI is InChI=1S/C11H20O2S/c1-12-10-5-4-6-11(9-10)13-7-2-3-8-14/h2-3,10-11,14H,4-9H2,1H3. The van der Waals surface area contributed by atoms with Gasteiger partial charge < -0.3 is 9.47 Å². The fraction of sp³-hybridized carbons (Fsp3) is 0.818. The summed E-state index contributed by atoms with van der Waals surface area (Å²) in [6.45, 7) is 0.710. The molecule has 3 heteroatoms. The number of thiol groups is 1. The Bertz CT molecular complexity index is 171. The van der Waals surface area contributed by atoms with E-state index < -0.39 is 0 Å². The Labute approximate surface area is 92.1 Å². The van der Waals surface area contributed by atoms with Gasteiger partial charge in [-0.15, -0.1) is 0 Å². The minimum atomic E-state index is 0.387. The molecule has 0 saturated heterocycles. The highest BCUT2D eigenvalue weighted by molar-refractivity contribution is 7.80. The smallest absolute Gasteiger partial charge is 0.0651 e. The van der Waals surface area contributed by atoms with Gasteiger partial charge in [-0.25, -0.2) is 0 Å². The Hall–Kier alpha value is 0.01000. The van der Waals surface area contributed by atoms with E-state index >= 15 is 0 Å². The summed E-state index contributed by atoms with van der Waals surface area (Å²) in [5, 5.41) is 0. The Morgan fingerprint density at radius 2 is 2.07 bits per heavy atom. The van der Waals surface area contributed by atoms with E-state index in [9.17, 15) is 0 Å². The molecule has 82 valence electrons. The van der Waals surface area contributed by atoms with Gasteiger partial charge in [0.15, 0.2) is 0 Å². The molecule has 0 amide bonds. The minimum Gasteiger partial charge on any atom is -0.381 e. The lowest BCUT2D eigenvalue weighted by Crippen LogP contribution is -2.27. The zero-order valence-corrected chi connectivity index (χ0v) is 9.71. The van der Waals surface area contributed by atoms with Crippen LogP contribution in [0.4, 0.5) is 0 Å². The lowest BCUT2D eigenvalue weighted by molar-refractivity contribution is -0.0204. The number of hydrogen-bond acceptors (Lipinski definition) is 3. The van der Waals surface area contributed by atoms with E-state index in [0.717, 1.165) is 12.2 Å². The molecule has 2 unspecified atom stereocenters. The van der Waals surface area contributed by atoms with E-state index in [1.807, 2.05) is 12.2 Å². The normalized spacial score (nSPS) is 28.4. The lowest BCUT2D eigenvalue weighted by Gasteiger charge is -2.27. The fourth-order valence-electron chi connectivity index (χ4n) is 1.80. The van der Waals surface area contributed by atoms with Crippen LogP contribution in [0.15, 0.2) is 12.2 Å². The second-order valence-corrected chi connectivity index (χ2v) is 4.00. The lowest BCUT2D eigenvalue weighted by atomic mass is 9.95. The summed E-state index contributed by atoms with van der Waals surface area (Å²) in [6.07, 6.45) is 9.46. The van der Waals surface area contributed by atoms with E-state index in [2.05, 4.69) is 12.6 Å². The highest BCUT2D eigenvalue weighted by atomic mass is 32.1. The van der Waals surface area contributed by atoms with Crippen LogP contribution >= 0.6 is 12.6 Å². The van der Waals surface area contributed by atoms with Crippen molar-refractivity contribution in [2.75, 3.05) is 19.5 Å². The summed E-state index contributed by atoms with van der Waals surface area (Å²) >= 11 is 4.09. The fourth-order valence-corrected chi connectivity index (χ4v) is 1.95. The first-order valence-electron chi connectivity index (χ1n) is 5.27. The van der Waals surface area contributed by atoms with Crippen molar-refractivity contribution in [1.82, 2.24) is 0 Å². The molecule has 0 aromatic carbocycles. The third-order valence-corrected chi connectivity index (χ3v) is 2.82. The molecule has 1 rings (SSSR count). The van der Waals surface area contributed by atoms with Gasteiger partial charge in [0.2, 0.25) is 0 Å². The first-order chi connectivity index (χ1) is 6.86. The molecule has 0 N–H and O–H groups in total. The van der Waals surface area contributed by atoms with Crippen LogP contribution in [0.5, 0.6) is 0 Å². The largest absolute Gasteiger partial charge is 0.381 e. The molecule has 2 atom stereocenters. The van der Waals surface area contributed by atoms with Crippen LogP contribution in [0.2, 0.25) is 0 Å². The molecule has 0 radical (unpaired) electrons. The third kappa shape index (κ3) is 4.49. The van der Waals surface area contributed by atoms with E-state index in [1.165, 1.54) is 19.3 Å². The van der Waals surface area contributed by atoms with Gasteiger partial charge in [-0.3, -0.25) is 0 Å². The van der Waals surface area contributed by atoms with Crippen LogP contribution in [0.1, 0.15) is 25.7 Å². The number of hydrogen-bond donors (Lipinski definition) is 1. The highest BCUT2D eigenvalue weighted by Gasteiger charge is 2.21. The van der Waals surface area contributed by atoms with Crippen LogP contribution < -0.4 is 0 Å². The molecule has 1 aliphatic carbocycles. The van der Waals surface area contributed by atoms with Gasteiger partial charge in [0, 0.05) is 12.9 Å². The first-order valence-corrected chi connectivity index (χ1v) is 5.90. The van der Waals surface area contributed by atoms with Crippen molar-refractivity contribution < 1.29 is 9.47 Å². The van der Waals surface area contributed by atoms with Crippen LogP contribution in [-0.2, 0) is 9.47 Å². The van der Waals surface area contributed by atoms with E-state index in [0.29, 0.717) is 18.8 Å². The molecule has 0 bridgehead atoms. The molecular formula is C11H20O2S. The van der Waals surface area contributed by atoms with Crippen molar-refractivity contribution in [2.45, 2.75) is 37.9 Å². The Kier molecular flexibility index (Phi) is 6.32. The van der Waals surface area contributed by atoms with E-state index in [4.69, 9.17) is 9.47 Å². The van der Waals surface area contributed by atoms with E-state index in [-0.39, 0.29) is 0 Å². The van der Waals surface area contributed by atoms with Crippen molar-refractivity contribution in [3.05, 3.63) is 12.2 Å². The van der Waals surface area contributed by atoms with Gasteiger partial charge in [-0.2, -0.15) is 12.6 Å². The molecule has 0 aromatic rings. The van der Waals surface area contributed by atoms with Gasteiger partial charge in [0.05, 0.1) is 18.8 Å². The summed E-state index contributed by atoms with van der Waals surface area (Å²) in [5.41, 5.74) is 0. The predicted octanol–water partition coefficient (Wildman–Crippen LogP) is 2.45. The highest BCUT2D eigenvalue weighted by Crippen LogP contribution is 2.22. The molecule has 0 aromatic heterocycles. The molecule has 1 aliphatic rings. The summed E-state index contributed by atoms with van der Waals surface area (Å²) in [6, 6.07) is 0. The third-order valence-electron chi connectivity index (χ3n) is 2.61. The summed E-state index contributed by atoms with van der Waals surface area (Å²) in [5.74, 6) is 0.786. The maximum atomic E-state index is 5.72. The van der Waals surface area contributed by atoms with Crippen molar-refractivity contribution in [2.24, 2.45) is 0 Å². The molecule has 1 fully saturated rings. The monoisotopic (exact) mass is 216 g/mol. The maximum absolute atomic E-state index is 5.72. The van der Waals surface area contributed by atoms with Crippen molar-refractivity contribution in [3.63, 3.8) is 0 Å².